The van der Waals surface area contributed by atoms with Gasteiger partial charge in [-0.2, -0.15) is 0 Å². The minimum Gasteiger partial charge on any atom is -0.289 e. The van der Waals surface area contributed by atoms with E-state index in [1.165, 1.54) is 5.56 Å². The van der Waals surface area contributed by atoms with Crippen LogP contribution in [-0.2, 0) is 6.42 Å². The number of carbonyl (C=O) groups is 1. The van der Waals surface area contributed by atoms with Gasteiger partial charge < -0.3 is 0 Å². The summed E-state index contributed by atoms with van der Waals surface area (Å²) in [5.41, 5.74) is 4.09. The van der Waals surface area contributed by atoms with Gasteiger partial charge in [-0.3, -0.25) is 4.79 Å². The Bertz CT molecular complexity index is 817. The fourth-order valence-electron chi connectivity index (χ4n) is 2.74. The normalized spacial score (nSPS) is 10.8. The Labute approximate surface area is 143 Å². The summed E-state index contributed by atoms with van der Waals surface area (Å²) in [5, 5.41) is 0. The van der Waals surface area contributed by atoms with Crippen molar-refractivity contribution in [2.75, 3.05) is 0 Å². The zero-order chi connectivity index (χ0) is 16.6. The molecule has 3 aromatic carbocycles. The molecule has 0 atom stereocenters. The number of hydrogen-bond acceptors (Lipinski definition) is 1. The summed E-state index contributed by atoms with van der Waals surface area (Å²) in [6.45, 7) is 0. The third-order valence-electron chi connectivity index (χ3n) is 3.99. The van der Waals surface area contributed by atoms with E-state index >= 15 is 0 Å². The number of aryl methyl sites for hydroxylation is 1. The molecule has 0 fully saturated rings. The molecule has 0 unspecified atom stereocenters. The van der Waals surface area contributed by atoms with E-state index in [0.717, 1.165) is 29.5 Å². The van der Waals surface area contributed by atoms with E-state index in [2.05, 4.69) is 12.1 Å². The first-order valence-electron chi connectivity index (χ1n) is 8.24. The maximum absolute atomic E-state index is 12.6. The zero-order valence-corrected chi connectivity index (χ0v) is 13.6. The number of carbonyl (C=O) groups excluding carboxylic acids is 1. The average Bonchev–Trinajstić information content (AvgIpc) is 2.66. The van der Waals surface area contributed by atoms with Gasteiger partial charge in [0.1, 0.15) is 0 Å². The summed E-state index contributed by atoms with van der Waals surface area (Å²) in [5.74, 6) is 0.0579. The summed E-state index contributed by atoms with van der Waals surface area (Å²) in [4.78, 5) is 12.6. The molecule has 118 valence electrons. The second-order valence-corrected chi connectivity index (χ2v) is 5.70. The summed E-state index contributed by atoms with van der Waals surface area (Å²) < 4.78 is 0. The van der Waals surface area contributed by atoms with Gasteiger partial charge in [-0.05, 0) is 35.6 Å². The molecule has 24 heavy (non-hydrogen) atoms. The zero-order valence-electron chi connectivity index (χ0n) is 13.6. The van der Waals surface area contributed by atoms with Crippen LogP contribution in [0.2, 0.25) is 0 Å². The molecule has 0 aliphatic rings. The number of benzene rings is 3. The van der Waals surface area contributed by atoms with Gasteiger partial charge in [-0.25, -0.2) is 0 Å². The van der Waals surface area contributed by atoms with E-state index in [4.69, 9.17) is 0 Å². The number of hydrogen-bond donors (Lipinski definition) is 0. The van der Waals surface area contributed by atoms with Crippen LogP contribution in [0.3, 0.4) is 0 Å². The number of rotatable bonds is 6. The average molecular weight is 312 g/mol. The van der Waals surface area contributed by atoms with E-state index in [1.807, 2.05) is 78.9 Å². The summed E-state index contributed by atoms with van der Waals surface area (Å²) in [6.07, 6.45) is 5.48. The molecule has 0 bridgehead atoms. The standard InChI is InChI=1S/C23H20O/c24-23(18-10-7-13-19-11-3-1-4-12-19)22-17-9-8-16-21(22)20-14-5-2-6-15-20/h1-6,8-12,14-18H,7,13H2/b18-10+. The van der Waals surface area contributed by atoms with Crippen molar-refractivity contribution in [2.24, 2.45) is 0 Å². The molecule has 0 saturated heterocycles. The van der Waals surface area contributed by atoms with Gasteiger partial charge in [-0.15, -0.1) is 0 Å². The molecule has 0 amide bonds. The fourth-order valence-corrected chi connectivity index (χ4v) is 2.74. The second-order valence-electron chi connectivity index (χ2n) is 5.70. The third-order valence-corrected chi connectivity index (χ3v) is 3.99. The molecule has 3 aromatic rings. The van der Waals surface area contributed by atoms with E-state index < -0.39 is 0 Å². The van der Waals surface area contributed by atoms with Crippen LogP contribution in [0, 0.1) is 0 Å². The minimum absolute atomic E-state index is 0.0579. The van der Waals surface area contributed by atoms with E-state index in [1.54, 1.807) is 6.08 Å². The molecule has 0 heterocycles. The quantitative estimate of drug-likeness (QED) is 0.420. The van der Waals surface area contributed by atoms with Gasteiger partial charge in [0.2, 0.25) is 0 Å². The van der Waals surface area contributed by atoms with Gasteiger partial charge in [-0.1, -0.05) is 91.0 Å². The van der Waals surface area contributed by atoms with Gasteiger partial charge in [0.05, 0.1) is 0 Å². The Morgan fingerprint density at radius 1 is 0.750 bits per heavy atom. The van der Waals surface area contributed by atoms with Crippen molar-refractivity contribution in [3.8, 4) is 11.1 Å². The molecule has 0 saturated carbocycles. The van der Waals surface area contributed by atoms with Crippen molar-refractivity contribution in [3.63, 3.8) is 0 Å². The van der Waals surface area contributed by atoms with Crippen molar-refractivity contribution >= 4 is 5.78 Å². The molecule has 1 nitrogen and oxygen atoms in total. The third kappa shape index (κ3) is 4.08. The van der Waals surface area contributed by atoms with Gasteiger partial charge in [0, 0.05) is 5.56 Å². The molecular weight excluding hydrogens is 292 g/mol. The van der Waals surface area contributed by atoms with Crippen molar-refractivity contribution < 1.29 is 4.79 Å². The predicted octanol–water partition coefficient (Wildman–Crippen LogP) is 5.73. The highest BCUT2D eigenvalue weighted by atomic mass is 16.1. The summed E-state index contributed by atoms with van der Waals surface area (Å²) in [7, 11) is 0. The SMILES string of the molecule is O=C(/C=C/CCc1ccccc1)c1ccccc1-c1ccccc1. The van der Waals surface area contributed by atoms with E-state index in [9.17, 15) is 4.79 Å². The van der Waals surface area contributed by atoms with E-state index in [0.29, 0.717) is 0 Å². The van der Waals surface area contributed by atoms with Crippen LogP contribution in [0.4, 0.5) is 0 Å². The lowest BCUT2D eigenvalue weighted by Crippen LogP contribution is -1.97. The fraction of sp³-hybridized carbons (Fsp3) is 0.0870. The molecule has 0 N–H and O–H groups in total. The molecule has 3 rings (SSSR count). The number of allylic oxidation sites excluding steroid dienone is 2. The first kappa shape index (κ1) is 15.9. The molecule has 0 radical (unpaired) electrons. The highest BCUT2D eigenvalue weighted by molar-refractivity contribution is 6.09. The van der Waals surface area contributed by atoms with Crippen LogP contribution in [-0.4, -0.2) is 5.78 Å². The maximum atomic E-state index is 12.6. The van der Waals surface area contributed by atoms with E-state index in [-0.39, 0.29) is 5.78 Å². The van der Waals surface area contributed by atoms with Gasteiger partial charge >= 0.3 is 0 Å². The Hall–Kier alpha value is -2.93. The maximum Gasteiger partial charge on any atom is 0.186 e. The van der Waals surface area contributed by atoms with Gasteiger partial charge in [0.25, 0.3) is 0 Å². The highest BCUT2D eigenvalue weighted by Crippen LogP contribution is 2.24. The summed E-state index contributed by atoms with van der Waals surface area (Å²) in [6, 6.07) is 28.1. The molecule has 0 aliphatic carbocycles. The molecule has 0 aliphatic heterocycles. The highest BCUT2D eigenvalue weighted by Gasteiger charge is 2.09. The molecule has 0 aromatic heterocycles. The Morgan fingerprint density at radius 2 is 1.38 bits per heavy atom. The molecule has 0 spiro atoms. The van der Waals surface area contributed by atoms with Crippen LogP contribution < -0.4 is 0 Å². The van der Waals surface area contributed by atoms with Crippen LogP contribution in [0.25, 0.3) is 11.1 Å². The van der Waals surface area contributed by atoms with Crippen LogP contribution >= 0.6 is 0 Å². The first-order chi connectivity index (χ1) is 11.8. The Balaban J connectivity index is 1.70. The van der Waals surface area contributed by atoms with Crippen molar-refractivity contribution in [3.05, 3.63) is 108 Å². The smallest absolute Gasteiger partial charge is 0.186 e. The van der Waals surface area contributed by atoms with Crippen LogP contribution in [0.15, 0.2) is 97.1 Å². The topological polar surface area (TPSA) is 17.1 Å². The lowest BCUT2D eigenvalue weighted by Gasteiger charge is -2.06. The minimum atomic E-state index is 0.0579. The Kier molecular flexibility index (Phi) is 5.36. The Morgan fingerprint density at radius 3 is 2.12 bits per heavy atom. The monoisotopic (exact) mass is 312 g/mol. The molecule has 1 heteroatoms. The van der Waals surface area contributed by atoms with Crippen molar-refractivity contribution in [2.45, 2.75) is 12.8 Å². The van der Waals surface area contributed by atoms with Gasteiger partial charge in [0.15, 0.2) is 5.78 Å². The summed E-state index contributed by atoms with van der Waals surface area (Å²) >= 11 is 0. The predicted molar refractivity (Wildman–Crippen MR) is 100 cm³/mol. The van der Waals surface area contributed by atoms with Crippen LogP contribution in [0.5, 0.6) is 0 Å². The number of ketones is 1. The van der Waals surface area contributed by atoms with Crippen molar-refractivity contribution in [1.82, 2.24) is 0 Å². The largest absolute Gasteiger partial charge is 0.289 e. The van der Waals surface area contributed by atoms with Crippen LogP contribution in [0.1, 0.15) is 22.3 Å². The lowest BCUT2D eigenvalue weighted by molar-refractivity contribution is 0.104. The first-order valence-corrected chi connectivity index (χ1v) is 8.24. The second kappa shape index (κ2) is 8.07. The van der Waals surface area contributed by atoms with Crippen molar-refractivity contribution in [1.29, 1.82) is 0 Å². The molecular formula is C23H20O. The lowest BCUT2D eigenvalue weighted by atomic mass is 9.97.